The molecule has 5 nitrogen and oxygen atoms in total. The lowest BCUT2D eigenvalue weighted by atomic mass is 10.1. The molecule has 148 valence electrons. The third-order valence-corrected chi connectivity index (χ3v) is 4.67. The molecule has 0 spiro atoms. The lowest BCUT2D eigenvalue weighted by molar-refractivity contribution is -0.116. The van der Waals surface area contributed by atoms with E-state index in [1.165, 1.54) is 18.7 Å². The summed E-state index contributed by atoms with van der Waals surface area (Å²) in [6.45, 7) is 6.61. The zero-order valence-electron chi connectivity index (χ0n) is 16.7. The van der Waals surface area contributed by atoms with Crippen molar-refractivity contribution in [2.45, 2.75) is 19.9 Å². The maximum absolute atomic E-state index is 12.3. The predicted molar refractivity (Wildman–Crippen MR) is 112 cm³/mol. The molecule has 0 saturated heterocycles. The maximum atomic E-state index is 12.3. The van der Waals surface area contributed by atoms with E-state index in [2.05, 4.69) is 40.9 Å². The molecule has 0 bridgehead atoms. The Hall–Kier alpha value is -2.92. The Balaban J connectivity index is 1.98. The molecule has 1 unspecified atom stereocenters. The second kappa shape index (κ2) is 11.0. The minimum Gasteiger partial charge on any atom is -0.465 e. The highest BCUT2D eigenvalue weighted by Crippen LogP contribution is 2.19. The van der Waals surface area contributed by atoms with Crippen molar-refractivity contribution < 1.29 is 14.3 Å². The number of rotatable bonds is 9. The highest BCUT2D eigenvalue weighted by atomic mass is 16.5. The van der Waals surface area contributed by atoms with Gasteiger partial charge in [0, 0.05) is 12.6 Å². The fraction of sp³-hybridized carbons (Fsp3) is 0.304. The summed E-state index contributed by atoms with van der Waals surface area (Å²) >= 11 is 0. The van der Waals surface area contributed by atoms with Crippen LogP contribution in [-0.4, -0.2) is 43.5 Å². The van der Waals surface area contributed by atoms with E-state index in [0.717, 1.165) is 18.7 Å². The molecule has 0 aliphatic rings. The van der Waals surface area contributed by atoms with Crippen molar-refractivity contribution >= 4 is 18.0 Å². The maximum Gasteiger partial charge on any atom is 0.337 e. The Morgan fingerprint density at radius 2 is 1.68 bits per heavy atom. The number of benzene rings is 2. The zero-order chi connectivity index (χ0) is 20.4. The van der Waals surface area contributed by atoms with Gasteiger partial charge in [-0.05, 0) is 42.4 Å². The number of nitrogens with one attached hydrogen (secondary N) is 1. The summed E-state index contributed by atoms with van der Waals surface area (Å²) in [5, 5.41) is 3.00. The van der Waals surface area contributed by atoms with Crippen LogP contribution in [-0.2, 0) is 9.53 Å². The number of hydrogen-bond donors (Lipinski definition) is 1. The van der Waals surface area contributed by atoms with Crippen LogP contribution in [0.3, 0.4) is 0 Å². The molecular formula is C23H28N2O3. The molecule has 0 radical (unpaired) electrons. The Bertz CT molecular complexity index is 781. The monoisotopic (exact) mass is 380 g/mol. The molecule has 2 aromatic carbocycles. The lowest BCUT2D eigenvalue weighted by Gasteiger charge is -2.30. The van der Waals surface area contributed by atoms with Crippen LogP contribution in [0.2, 0.25) is 0 Å². The first kappa shape index (κ1) is 21.4. The van der Waals surface area contributed by atoms with Crippen LogP contribution in [0.1, 0.15) is 41.4 Å². The number of ether oxygens (including phenoxy) is 1. The molecule has 0 saturated carbocycles. The first-order valence-electron chi connectivity index (χ1n) is 9.52. The molecule has 0 heterocycles. The summed E-state index contributed by atoms with van der Waals surface area (Å²) in [6.07, 6.45) is 3.24. The van der Waals surface area contributed by atoms with Crippen molar-refractivity contribution in [3.8, 4) is 0 Å². The third kappa shape index (κ3) is 6.06. The average Bonchev–Trinajstić information content (AvgIpc) is 2.75. The Morgan fingerprint density at radius 3 is 2.25 bits per heavy atom. The molecule has 0 aromatic heterocycles. The van der Waals surface area contributed by atoms with Crippen molar-refractivity contribution in [2.75, 3.05) is 26.7 Å². The molecular weight excluding hydrogens is 352 g/mol. The Kier molecular flexibility index (Phi) is 8.43. The van der Waals surface area contributed by atoms with Crippen LogP contribution < -0.4 is 5.32 Å². The summed E-state index contributed by atoms with van der Waals surface area (Å²) in [5.41, 5.74) is 2.51. The number of amides is 1. The minimum atomic E-state index is -0.378. The van der Waals surface area contributed by atoms with E-state index in [1.54, 1.807) is 30.3 Å². The highest BCUT2D eigenvalue weighted by molar-refractivity contribution is 5.92. The zero-order valence-corrected chi connectivity index (χ0v) is 16.7. The standard InChI is InChI=1S/C23H28N2O3/c1-4-25(5-2)21(19-9-7-6-8-10-19)17-24-22(26)16-13-18-11-14-20(15-12-18)23(27)28-3/h6-16,21H,4-5,17H2,1-3H3,(H,24,26)/b16-13+. The largest absolute Gasteiger partial charge is 0.465 e. The number of carbonyl (C=O) groups excluding carboxylic acids is 2. The minimum absolute atomic E-state index is 0.132. The molecule has 1 atom stereocenters. The van der Waals surface area contributed by atoms with Crippen LogP contribution in [0.4, 0.5) is 0 Å². The summed E-state index contributed by atoms with van der Waals surface area (Å²) in [5.74, 6) is -0.526. The number of esters is 1. The van der Waals surface area contributed by atoms with Gasteiger partial charge in [-0.3, -0.25) is 9.69 Å². The third-order valence-electron chi connectivity index (χ3n) is 4.67. The second-order valence-corrected chi connectivity index (χ2v) is 6.34. The molecule has 0 aliphatic carbocycles. The number of nitrogens with zero attached hydrogens (tertiary/aromatic N) is 1. The van der Waals surface area contributed by atoms with E-state index in [9.17, 15) is 9.59 Å². The smallest absolute Gasteiger partial charge is 0.337 e. The topological polar surface area (TPSA) is 58.6 Å². The fourth-order valence-electron chi connectivity index (χ4n) is 3.07. The van der Waals surface area contributed by atoms with Crippen molar-refractivity contribution in [1.29, 1.82) is 0 Å². The summed E-state index contributed by atoms with van der Waals surface area (Å²) < 4.78 is 4.68. The van der Waals surface area contributed by atoms with E-state index in [-0.39, 0.29) is 17.9 Å². The van der Waals surface area contributed by atoms with E-state index in [1.807, 2.05) is 18.2 Å². The van der Waals surface area contributed by atoms with Gasteiger partial charge in [0.25, 0.3) is 0 Å². The van der Waals surface area contributed by atoms with Gasteiger partial charge >= 0.3 is 5.97 Å². The van der Waals surface area contributed by atoms with Gasteiger partial charge in [0.05, 0.1) is 18.7 Å². The summed E-state index contributed by atoms with van der Waals surface area (Å²) in [4.78, 5) is 26.1. The molecule has 0 fully saturated rings. The quantitative estimate of drug-likeness (QED) is 0.532. The Morgan fingerprint density at radius 1 is 1.04 bits per heavy atom. The van der Waals surface area contributed by atoms with Gasteiger partial charge in [-0.1, -0.05) is 56.3 Å². The van der Waals surface area contributed by atoms with Crippen molar-refractivity contribution in [3.05, 3.63) is 77.4 Å². The van der Waals surface area contributed by atoms with Crippen LogP contribution in [0.15, 0.2) is 60.7 Å². The Labute approximate surface area is 167 Å². The molecule has 2 aromatic rings. The first-order chi connectivity index (χ1) is 13.6. The molecule has 1 N–H and O–H groups in total. The normalized spacial score (nSPS) is 12.1. The van der Waals surface area contributed by atoms with Gasteiger partial charge in [0.15, 0.2) is 0 Å². The van der Waals surface area contributed by atoms with Crippen molar-refractivity contribution in [3.63, 3.8) is 0 Å². The highest BCUT2D eigenvalue weighted by Gasteiger charge is 2.18. The van der Waals surface area contributed by atoms with Crippen molar-refractivity contribution in [2.24, 2.45) is 0 Å². The summed E-state index contributed by atoms with van der Waals surface area (Å²) in [7, 11) is 1.35. The van der Waals surface area contributed by atoms with Crippen LogP contribution in [0.5, 0.6) is 0 Å². The van der Waals surface area contributed by atoms with Crippen LogP contribution >= 0.6 is 0 Å². The van der Waals surface area contributed by atoms with E-state index >= 15 is 0 Å². The van der Waals surface area contributed by atoms with Gasteiger partial charge in [-0.15, -0.1) is 0 Å². The molecule has 1 amide bonds. The lowest BCUT2D eigenvalue weighted by Crippen LogP contribution is -2.37. The molecule has 5 heteroatoms. The number of carbonyl (C=O) groups is 2. The first-order valence-corrected chi connectivity index (χ1v) is 9.52. The number of methoxy groups -OCH3 is 1. The van der Waals surface area contributed by atoms with Crippen LogP contribution in [0.25, 0.3) is 6.08 Å². The SMILES string of the molecule is CCN(CC)C(CNC(=O)/C=C/c1ccc(C(=O)OC)cc1)c1ccccc1. The van der Waals surface area contributed by atoms with Crippen molar-refractivity contribution in [1.82, 2.24) is 10.2 Å². The van der Waals surface area contributed by atoms with E-state index < -0.39 is 0 Å². The van der Waals surface area contributed by atoms with Gasteiger partial charge in [-0.25, -0.2) is 4.79 Å². The van der Waals surface area contributed by atoms with Gasteiger partial charge in [0.1, 0.15) is 0 Å². The van der Waals surface area contributed by atoms with Crippen LogP contribution in [0, 0.1) is 0 Å². The van der Waals surface area contributed by atoms with E-state index in [0.29, 0.717) is 12.1 Å². The predicted octanol–water partition coefficient (Wildman–Crippen LogP) is 3.69. The molecule has 0 aliphatic heterocycles. The van der Waals surface area contributed by atoms with Gasteiger partial charge in [0.2, 0.25) is 5.91 Å². The van der Waals surface area contributed by atoms with Gasteiger partial charge < -0.3 is 10.1 Å². The van der Waals surface area contributed by atoms with E-state index in [4.69, 9.17) is 0 Å². The summed E-state index contributed by atoms with van der Waals surface area (Å²) in [6, 6.07) is 17.3. The molecule has 2 rings (SSSR count). The molecule has 28 heavy (non-hydrogen) atoms. The van der Waals surface area contributed by atoms with Gasteiger partial charge in [-0.2, -0.15) is 0 Å². The number of hydrogen-bond acceptors (Lipinski definition) is 4. The second-order valence-electron chi connectivity index (χ2n) is 6.34. The number of likely N-dealkylation sites (N-methyl/N-ethyl adjacent to an activating group) is 1. The fourth-order valence-corrected chi connectivity index (χ4v) is 3.07. The average molecular weight is 380 g/mol.